The van der Waals surface area contributed by atoms with Gasteiger partial charge in [-0.15, -0.1) is 0 Å². The minimum atomic E-state index is -0.880. The second kappa shape index (κ2) is 9.60. The van der Waals surface area contributed by atoms with Crippen LogP contribution in [0.5, 0.6) is 0 Å². The van der Waals surface area contributed by atoms with Crippen LogP contribution in [0.25, 0.3) is 11.1 Å². The zero-order chi connectivity index (χ0) is 22.7. The first-order chi connectivity index (χ1) is 15.5. The van der Waals surface area contributed by atoms with Crippen molar-refractivity contribution in [3.05, 3.63) is 71.3 Å². The van der Waals surface area contributed by atoms with Crippen LogP contribution in [0, 0.1) is 17.8 Å². The fourth-order valence-corrected chi connectivity index (χ4v) is 5.23. The Balaban J connectivity index is 1.35. The van der Waals surface area contributed by atoms with Gasteiger partial charge in [0, 0.05) is 12.5 Å². The zero-order valence-electron chi connectivity index (χ0n) is 18.7. The van der Waals surface area contributed by atoms with Gasteiger partial charge in [-0.3, -0.25) is 4.79 Å². The molecule has 3 unspecified atom stereocenters. The number of hydrogen-bond acceptors (Lipinski definition) is 3. The summed E-state index contributed by atoms with van der Waals surface area (Å²) < 4.78 is 5.55. The van der Waals surface area contributed by atoms with E-state index in [9.17, 15) is 14.7 Å². The smallest absolute Gasteiger partial charge is 0.407 e. The molecule has 2 N–H and O–H groups in total. The lowest BCUT2D eigenvalue weighted by Crippen LogP contribution is -2.36. The number of aliphatic carboxylic acids is 1. The van der Waals surface area contributed by atoms with Gasteiger partial charge in [0.1, 0.15) is 6.61 Å². The van der Waals surface area contributed by atoms with Gasteiger partial charge in [0.25, 0.3) is 0 Å². The number of hydrogen-bond donors (Lipinski definition) is 2. The number of rotatable bonds is 7. The van der Waals surface area contributed by atoms with E-state index in [1.54, 1.807) is 0 Å². The van der Waals surface area contributed by atoms with Crippen molar-refractivity contribution in [1.29, 1.82) is 0 Å². The van der Waals surface area contributed by atoms with Crippen LogP contribution >= 0.6 is 0 Å². The van der Waals surface area contributed by atoms with Gasteiger partial charge in [0.05, 0.1) is 5.92 Å². The maximum atomic E-state index is 12.4. The lowest BCUT2D eigenvalue weighted by atomic mass is 9.75. The monoisotopic (exact) mass is 433 g/mol. The summed E-state index contributed by atoms with van der Waals surface area (Å²) >= 11 is 0. The first kappa shape index (κ1) is 22.1. The molecule has 0 fully saturated rings. The maximum absolute atomic E-state index is 12.4. The number of carbonyl (C=O) groups excluding carboxylic acids is 1. The molecule has 0 aromatic heterocycles. The standard InChI is InChI=1S/C27H31NO4/c1-17-8-7-9-18(2)24(17)14-19(26(29)30)15-28-27(31)32-16-25-22-12-5-3-10-20(22)21-11-4-6-13-23(21)25/h3-6,8,10-13,18-19,24-25H,7,9,14-16H2,1-2H3,(H,28,31)(H,29,30). The fraction of sp³-hybridized carbons (Fsp3) is 0.407. The lowest BCUT2D eigenvalue weighted by molar-refractivity contribution is -0.142. The number of nitrogens with one attached hydrogen (secondary N) is 1. The van der Waals surface area contributed by atoms with E-state index in [0.29, 0.717) is 12.3 Å². The van der Waals surface area contributed by atoms with Crippen molar-refractivity contribution in [1.82, 2.24) is 5.32 Å². The normalized spacial score (nSPS) is 20.6. The molecule has 0 saturated carbocycles. The molecule has 3 atom stereocenters. The predicted molar refractivity (Wildman–Crippen MR) is 124 cm³/mol. The summed E-state index contributed by atoms with van der Waals surface area (Å²) in [6.07, 6.45) is 4.31. The van der Waals surface area contributed by atoms with Gasteiger partial charge in [-0.2, -0.15) is 0 Å². The van der Waals surface area contributed by atoms with Gasteiger partial charge in [-0.25, -0.2) is 4.79 Å². The molecule has 0 aliphatic heterocycles. The van der Waals surface area contributed by atoms with Crippen molar-refractivity contribution in [3.8, 4) is 11.1 Å². The minimum absolute atomic E-state index is 0.0145. The van der Waals surface area contributed by atoms with Crippen LogP contribution in [0.3, 0.4) is 0 Å². The van der Waals surface area contributed by atoms with Crippen LogP contribution in [0.2, 0.25) is 0 Å². The van der Waals surface area contributed by atoms with Gasteiger partial charge in [0.2, 0.25) is 0 Å². The van der Waals surface area contributed by atoms with Crippen LogP contribution in [0.4, 0.5) is 4.79 Å². The first-order valence-electron chi connectivity index (χ1n) is 11.4. The van der Waals surface area contributed by atoms with Gasteiger partial charge in [0.15, 0.2) is 0 Å². The molecule has 0 saturated heterocycles. The van der Waals surface area contributed by atoms with Crippen LogP contribution in [0.1, 0.15) is 50.2 Å². The van der Waals surface area contributed by atoms with Crippen LogP contribution < -0.4 is 5.32 Å². The Kier molecular flexibility index (Phi) is 6.63. The minimum Gasteiger partial charge on any atom is -0.481 e. The first-order valence-corrected chi connectivity index (χ1v) is 11.4. The van der Waals surface area contributed by atoms with E-state index >= 15 is 0 Å². The third-order valence-electron chi connectivity index (χ3n) is 7.08. The van der Waals surface area contributed by atoms with Crippen molar-refractivity contribution < 1.29 is 19.4 Å². The van der Waals surface area contributed by atoms with Crippen LogP contribution in [-0.4, -0.2) is 30.3 Å². The second-order valence-electron chi connectivity index (χ2n) is 9.09. The highest BCUT2D eigenvalue weighted by Gasteiger charge is 2.31. The Bertz CT molecular complexity index is 982. The molecular formula is C27H31NO4. The van der Waals surface area contributed by atoms with Crippen molar-refractivity contribution in [2.45, 2.75) is 39.0 Å². The molecule has 5 heteroatoms. The number of alkyl carbamates (subject to hydrolysis) is 1. The molecule has 4 rings (SSSR count). The molecular weight excluding hydrogens is 402 g/mol. The molecule has 0 radical (unpaired) electrons. The molecule has 5 nitrogen and oxygen atoms in total. The molecule has 2 aromatic rings. The van der Waals surface area contributed by atoms with E-state index in [-0.39, 0.29) is 25.0 Å². The van der Waals surface area contributed by atoms with E-state index in [1.165, 1.54) is 16.7 Å². The molecule has 0 spiro atoms. The third-order valence-corrected chi connectivity index (χ3v) is 7.08. The average molecular weight is 434 g/mol. The molecule has 0 bridgehead atoms. The Morgan fingerprint density at radius 1 is 1.09 bits per heavy atom. The van der Waals surface area contributed by atoms with E-state index in [0.717, 1.165) is 24.0 Å². The molecule has 168 valence electrons. The number of carboxylic acid groups (broad SMARTS) is 1. The summed E-state index contributed by atoms with van der Waals surface area (Å²) in [6, 6.07) is 16.4. The molecule has 1 amide bonds. The summed E-state index contributed by atoms with van der Waals surface area (Å²) in [7, 11) is 0. The highest BCUT2D eigenvalue weighted by molar-refractivity contribution is 5.79. The molecule has 2 aromatic carbocycles. The number of fused-ring (bicyclic) bond motifs is 3. The van der Waals surface area contributed by atoms with Crippen molar-refractivity contribution in [3.63, 3.8) is 0 Å². The van der Waals surface area contributed by atoms with E-state index < -0.39 is 18.0 Å². The number of carbonyl (C=O) groups is 2. The van der Waals surface area contributed by atoms with Crippen LogP contribution in [0.15, 0.2) is 60.2 Å². The van der Waals surface area contributed by atoms with Gasteiger partial charge < -0.3 is 15.2 Å². The van der Waals surface area contributed by atoms with E-state index in [2.05, 4.69) is 49.5 Å². The van der Waals surface area contributed by atoms with E-state index in [4.69, 9.17) is 4.74 Å². The second-order valence-corrected chi connectivity index (χ2v) is 9.09. The highest BCUT2D eigenvalue weighted by Crippen LogP contribution is 2.44. The number of benzene rings is 2. The zero-order valence-corrected chi connectivity index (χ0v) is 18.7. The predicted octanol–water partition coefficient (Wildman–Crippen LogP) is 5.61. The van der Waals surface area contributed by atoms with Crippen molar-refractivity contribution in [2.24, 2.45) is 17.8 Å². The third kappa shape index (κ3) is 4.57. The van der Waals surface area contributed by atoms with E-state index in [1.807, 2.05) is 24.3 Å². The molecule has 2 aliphatic rings. The lowest BCUT2D eigenvalue weighted by Gasteiger charge is -2.30. The van der Waals surface area contributed by atoms with Gasteiger partial charge >= 0.3 is 12.1 Å². The van der Waals surface area contributed by atoms with Gasteiger partial charge in [-0.1, -0.05) is 67.1 Å². The van der Waals surface area contributed by atoms with Crippen molar-refractivity contribution >= 4 is 12.1 Å². The SMILES string of the molecule is CC1=CCCC(C)C1CC(CNC(=O)OCC1c2ccccc2-c2ccccc21)C(=O)O. The number of carboxylic acids is 1. The number of ether oxygens (including phenoxy) is 1. The Morgan fingerprint density at radius 2 is 1.72 bits per heavy atom. The average Bonchev–Trinajstić information content (AvgIpc) is 3.10. The molecule has 2 aliphatic carbocycles. The topological polar surface area (TPSA) is 75.6 Å². The molecule has 32 heavy (non-hydrogen) atoms. The number of amides is 1. The quantitative estimate of drug-likeness (QED) is 0.557. The fourth-order valence-electron chi connectivity index (χ4n) is 5.23. The Labute approximate surface area is 189 Å². The largest absolute Gasteiger partial charge is 0.481 e. The van der Waals surface area contributed by atoms with Crippen LogP contribution in [-0.2, 0) is 9.53 Å². The Morgan fingerprint density at radius 3 is 2.31 bits per heavy atom. The molecule has 0 heterocycles. The summed E-state index contributed by atoms with van der Waals surface area (Å²) in [5.74, 6) is -0.830. The summed E-state index contributed by atoms with van der Waals surface area (Å²) in [6.45, 7) is 4.55. The summed E-state index contributed by atoms with van der Waals surface area (Å²) in [4.78, 5) is 24.3. The summed E-state index contributed by atoms with van der Waals surface area (Å²) in [5.41, 5.74) is 5.91. The van der Waals surface area contributed by atoms with Crippen molar-refractivity contribution in [2.75, 3.05) is 13.2 Å². The maximum Gasteiger partial charge on any atom is 0.407 e. The van der Waals surface area contributed by atoms with Gasteiger partial charge in [-0.05, 0) is 60.3 Å². The number of allylic oxidation sites excluding steroid dienone is 2. The summed E-state index contributed by atoms with van der Waals surface area (Å²) in [5, 5.41) is 12.4. The Hall–Kier alpha value is -3.08. The highest BCUT2D eigenvalue weighted by atomic mass is 16.5.